The summed E-state index contributed by atoms with van der Waals surface area (Å²) in [6.07, 6.45) is -2.96. The van der Waals surface area contributed by atoms with Crippen molar-refractivity contribution in [1.82, 2.24) is 9.78 Å². The van der Waals surface area contributed by atoms with E-state index in [9.17, 15) is 13.2 Å². The highest BCUT2D eigenvalue weighted by atomic mass is 19.4. The van der Waals surface area contributed by atoms with Crippen molar-refractivity contribution >= 4 is 12.6 Å². The second-order valence-electron chi connectivity index (χ2n) is 6.07. The highest BCUT2D eigenvalue weighted by molar-refractivity contribution is 6.62. The maximum Gasteiger partial charge on any atom is 0.498 e. The van der Waals surface area contributed by atoms with Crippen LogP contribution in [0.3, 0.4) is 0 Å². The van der Waals surface area contributed by atoms with Crippen LogP contribution in [0.15, 0.2) is 6.20 Å². The molecule has 4 nitrogen and oxygen atoms in total. The molecule has 1 aliphatic rings. The van der Waals surface area contributed by atoms with Gasteiger partial charge in [0.15, 0.2) is 0 Å². The monoisotopic (exact) mass is 290 g/mol. The molecule has 2 rings (SSSR count). The molecule has 1 aromatic heterocycles. The second-order valence-corrected chi connectivity index (χ2v) is 6.07. The molecule has 1 saturated heterocycles. The summed E-state index contributed by atoms with van der Waals surface area (Å²) in [5.41, 5.74) is -0.0485. The topological polar surface area (TPSA) is 36.3 Å². The first kappa shape index (κ1) is 15.4. The molecule has 0 amide bonds. The van der Waals surface area contributed by atoms with Crippen LogP contribution in [-0.2, 0) is 15.9 Å². The van der Waals surface area contributed by atoms with E-state index in [-0.39, 0.29) is 0 Å². The number of halogens is 3. The highest BCUT2D eigenvalue weighted by Crippen LogP contribution is 2.36. The minimum Gasteiger partial charge on any atom is -0.399 e. The van der Waals surface area contributed by atoms with Crippen molar-refractivity contribution in [3.63, 3.8) is 0 Å². The Hall–Kier alpha value is -1.02. The van der Waals surface area contributed by atoms with Crippen LogP contribution in [-0.4, -0.2) is 34.3 Å². The molecule has 1 aliphatic heterocycles. The van der Waals surface area contributed by atoms with E-state index in [0.29, 0.717) is 11.2 Å². The summed E-state index contributed by atoms with van der Waals surface area (Å²) >= 11 is 0. The number of alkyl halides is 3. The Morgan fingerprint density at radius 1 is 1.20 bits per heavy atom. The minimum absolute atomic E-state index is 0.479. The summed E-state index contributed by atoms with van der Waals surface area (Å²) in [6, 6.07) is 0. The van der Waals surface area contributed by atoms with Gasteiger partial charge in [-0.15, -0.1) is 0 Å². The molecule has 0 bridgehead atoms. The average molecular weight is 290 g/mol. The SMILES string of the molecule is Cc1nn(CC(F)(F)F)cc1B1OC(C)(C)C(C)(C)O1. The molecular formula is C12H18BF3N2O2. The maximum atomic E-state index is 12.4. The fraction of sp³-hybridized carbons (Fsp3) is 0.750. The zero-order chi connectivity index (χ0) is 15.3. The standard InChI is InChI=1S/C12H18BF3N2O2/c1-8-9(6-18(17-8)7-12(14,15)16)13-19-10(2,3)11(4,5)20-13/h6H,7H2,1-5H3. The van der Waals surface area contributed by atoms with Crippen LogP contribution in [0, 0.1) is 6.92 Å². The van der Waals surface area contributed by atoms with Gasteiger partial charge in [0.05, 0.1) is 16.9 Å². The van der Waals surface area contributed by atoms with Crippen molar-refractivity contribution in [3.05, 3.63) is 11.9 Å². The second kappa shape index (κ2) is 4.49. The van der Waals surface area contributed by atoms with Gasteiger partial charge in [-0.2, -0.15) is 18.3 Å². The fourth-order valence-electron chi connectivity index (χ4n) is 2.00. The van der Waals surface area contributed by atoms with Crippen LogP contribution in [0.25, 0.3) is 0 Å². The lowest BCUT2D eigenvalue weighted by Crippen LogP contribution is -2.41. The lowest BCUT2D eigenvalue weighted by molar-refractivity contribution is -0.142. The smallest absolute Gasteiger partial charge is 0.399 e. The lowest BCUT2D eigenvalue weighted by atomic mass is 9.79. The van der Waals surface area contributed by atoms with E-state index in [4.69, 9.17) is 9.31 Å². The number of hydrogen-bond acceptors (Lipinski definition) is 3. The van der Waals surface area contributed by atoms with E-state index in [1.807, 2.05) is 27.7 Å². The molecule has 0 unspecified atom stereocenters. The van der Waals surface area contributed by atoms with Crippen LogP contribution < -0.4 is 5.46 Å². The molecule has 2 heterocycles. The van der Waals surface area contributed by atoms with Gasteiger partial charge in [-0.1, -0.05) is 0 Å². The highest BCUT2D eigenvalue weighted by Gasteiger charge is 2.52. The Morgan fingerprint density at radius 2 is 1.70 bits per heavy atom. The van der Waals surface area contributed by atoms with E-state index in [2.05, 4.69) is 5.10 Å². The van der Waals surface area contributed by atoms with Gasteiger partial charge in [0, 0.05) is 11.7 Å². The van der Waals surface area contributed by atoms with Crippen LogP contribution in [0.4, 0.5) is 13.2 Å². The predicted molar refractivity (Wildman–Crippen MR) is 68.7 cm³/mol. The summed E-state index contributed by atoms with van der Waals surface area (Å²) in [4.78, 5) is 0. The predicted octanol–water partition coefficient (Wildman–Crippen LogP) is 2.05. The normalized spacial score (nSPS) is 21.5. The Balaban J connectivity index is 2.23. The van der Waals surface area contributed by atoms with Gasteiger partial charge in [-0.05, 0) is 34.6 Å². The van der Waals surface area contributed by atoms with Crippen molar-refractivity contribution in [2.24, 2.45) is 0 Å². The van der Waals surface area contributed by atoms with Gasteiger partial charge in [0.2, 0.25) is 0 Å². The lowest BCUT2D eigenvalue weighted by Gasteiger charge is -2.32. The van der Waals surface area contributed by atoms with Crippen molar-refractivity contribution in [2.45, 2.75) is 58.5 Å². The summed E-state index contributed by atoms with van der Waals surface area (Å²) in [5, 5.41) is 3.87. The zero-order valence-corrected chi connectivity index (χ0v) is 12.2. The molecule has 8 heteroatoms. The van der Waals surface area contributed by atoms with Gasteiger partial charge in [0.1, 0.15) is 6.54 Å². The van der Waals surface area contributed by atoms with Gasteiger partial charge in [0.25, 0.3) is 0 Å². The van der Waals surface area contributed by atoms with E-state index in [1.54, 1.807) is 6.92 Å². The van der Waals surface area contributed by atoms with E-state index < -0.39 is 31.0 Å². The average Bonchev–Trinajstić information content (AvgIpc) is 2.63. The summed E-state index contributed by atoms with van der Waals surface area (Å²) in [5.74, 6) is 0. The minimum atomic E-state index is -4.30. The first-order valence-corrected chi connectivity index (χ1v) is 6.38. The van der Waals surface area contributed by atoms with Crippen molar-refractivity contribution in [2.75, 3.05) is 0 Å². The molecule has 0 aromatic carbocycles. The zero-order valence-electron chi connectivity index (χ0n) is 12.2. The Kier molecular flexibility index (Phi) is 3.45. The molecule has 0 aliphatic carbocycles. The molecular weight excluding hydrogens is 272 g/mol. The molecule has 0 spiro atoms. The third-order valence-electron chi connectivity index (χ3n) is 3.83. The number of aryl methyl sites for hydroxylation is 1. The largest absolute Gasteiger partial charge is 0.498 e. The maximum absolute atomic E-state index is 12.4. The third-order valence-corrected chi connectivity index (χ3v) is 3.83. The quantitative estimate of drug-likeness (QED) is 0.782. The van der Waals surface area contributed by atoms with Crippen molar-refractivity contribution in [3.8, 4) is 0 Å². The number of aromatic nitrogens is 2. The summed E-state index contributed by atoms with van der Waals surface area (Å²) < 4.78 is 49.7. The van der Waals surface area contributed by atoms with Gasteiger partial charge in [-0.25, -0.2) is 0 Å². The van der Waals surface area contributed by atoms with Gasteiger partial charge < -0.3 is 9.31 Å². The molecule has 0 saturated carbocycles. The fourth-order valence-corrected chi connectivity index (χ4v) is 2.00. The Morgan fingerprint density at radius 3 is 2.15 bits per heavy atom. The number of nitrogens with zero attached hydrogens (tertiary/aromatic N) is 2. The van der Waals surface area contributed by atoms with E-state index in [1.165, 1.54) is 6.20 Å². The van der Waals surface area contributed by atoms with Crippen molar-refractivity contribution in [1.29, 1.82) is 0 Å². The van der Waals surface area contributed by atoms with Crippen LogP contribution >= 0.6 is 0 Å². The molecule has 112 valence electrons. The molecule has 1 aromatic rings. The van der Waals surface area contributed by atoms with Crippen LogP contribution in [0.1, 0.15) is 33.4 Å². The van der Waals surface area contributed by atoms with E-state index >= 15 is 0 Å². The van der Waals surface area contributed by atoms with Gasteiger partial charge >= 0.3 is 13.3 Å². The Bertz CT molecular complexity index is 495. The Labute approximate surface area is 116 Å². The first-order chi connectivity index (χ1) is 8.91. The molecule has 0 N–H and O–H groups in total. The van der Waals surface area contributed by atoms with Crippen molar-refractivity contribution < 1.29 is 22.5 Å². The number of hydrogen-bond donors (Lipinski definition) is 0. The van der Waals surface area contributed by atoms with E-state index in [0.717, 1.165) is 4.68 Å². The molecule has 0 radical (unpaired) electrons. The molecule has 20 heavy (non-hydrogen) atoms. The summed E-state index contributed by atoms with van der Waals surface area (Å²) in [6.45, 7) is 8.09. The third kappa shape index (κ3) is 2.86. The molecule has 0 atom stereocenters. The van der Waals surface area contributed by atoms with Crippen LogP contribution in [0.2, 0.25) is 0 Å². The first-order valence-electron chi connectivity index (χ1n) is 6.38. The van der Waals surface area contributed by atoms with Gasteiger partial charge in [-0.3, -0.25) is 4.68 Å². The van der Waals surface area contributed by atoms with Crippen LogP contribution in [0.5, 0.6) is 0 Å². The summed E-state index contributed by atoms with van der Waals surface area (Å²) in [7, 11) is -0.693. The number of rotatable bonds is 2. The molecule has 1 fully saturated rings.